The molecular weight excluding hydrogens is 322 g/mol. The van der Waals surface area contributed by atoms with Crippen molar-refractivity contribution in [3.05, 3.63) is 35.9 Å². The third-order valence-electron chi connectivity index (χ3n) is 7.93. The Labute approximate surface area is 157 Å². The predicted octanol–water partition coefficient (Wildman–Crippen LogP) is 4.42. The van der Waals surface area contributed by atoms with E-state index in [1.165, 1.54) is 38.5 Å². The number of carbonyl (C=O) groups is 1. The fourth-order valence-electron chi connectivity index (χ4n) is 6.62. The number of amides is 1. The van der Waals surface area contributed by atoms with Gasteiger partial charge in [-0.05, 0) is 74.2 Å². The molecule has 1 amide bonds. The summed E-state index contributed by atoms with van der Waals surface area (Å²) in [5, 5.41) is 10.7. The van der Waals surface area contributed by atoms with Gasteiger partial charge >= 0.3 is 0 Å². The SMILES string of the molecule is C[C@@H]([C@@H](O)c1ccccc1)N(C)C(=O)[C@H](C)C12CC3CC(CC(C3)C1)C2. The number of likely N-dealkylation sites (N-methyl/N-ethyl adjacent to an activating group) is 1. The van der Waals surface area contributed by atoms with Gasteiger partial charge in [-0.15, -0.1) is 0 Å². The molecule has 4 fully saturated rings. The van der Waals surface area contributed by atoms with Gasteiger partial charge in [0.1, 0.15) is 0 Å². The highest BCUT2D eigenvalue weighted by Crippen LogP contribution is 2.62. The van der Waals surface area contributed by atoms with Crippen LogP contribution in [-0.2, 0) is 4.79 Å². The minimum Gasteiger partial charge on any atom is -0.386 e. The number of hydrogen-bond donors (Lipinski definition) is 1. The second-order valence-corrected chi connectivity index (χ2v) is 9.55. The first-order chi connectivity index (χ1) is 12.4. The van der Waals surface area contributed by atoms with E-state index in [1.807, 2.05) is 44.3 Å². The Hall–Kier alpha value is -1.35. The first-order valence-corrected chi connectivity index (χ1v) is 10.4. The van der Waals surface area contributed by atoms with Gasteiger partial charge in [0.25, 0.3) is 0 Å². The quantitative estimate of drug-likeness (QED) is 0.849. The van der Waals surface area contributed by atoms with Gasteiger partial charge in [-0.1, -0.05) is 37.3 Å². The molecule has 0 aliphatic heterocycles. The molecule has 4 aliphatic carbocycles. The van der Waals surface area contributed by atoms with Crippen LogP contribution < -0.4 is 0 Å². The van der Waals surface area contributed by atoms with Crippen molar-refractivity contribution in [3.8, 4) is 0 Å². The zero-order chi connectivity index (χ0) is 18.5. The third-order valence-corrected chi connectivity index (χ3v) is 7.93. The fourth-order valence-corrected chi connectivity index (χ4v) is 6.62. The van der Waals surface area contributed by atoms with Gasteiger partial charge < -0.3 is 10.0 Å². The number of nitrogens with zero attached hydrogens (tertiary/aromatic N) is 1. The zero-order valence-electron chi connectivity index (χ0n) is 16.4. The van der Waals surface area contributed by atoms with E-state index in [2.05, 4.69) is 6.92 Å². The molecular formula is C23H33NO2. The molecule has 0 spiro atoms. The van der Waals surface area contributed by atoms with Gasteiger partial charge in [0.05, 0.1) is 12.1 Å². The second kappa shape index (κ2) is 6.67. The summed E-state index contributed by atoms with van der Waals surface area (Å²) in [6, 6.07) is 9.46. The van der Waals surface area contributed by atoms with E-state index >= 15 is 0 Å². The number of benzene rings is 1. The molecule has 1 aromatic carbocycles. The molecule has 0 unspecified atom stereocenters. The molecule has 4 bridgehead atoms. The lowest BCUT2D eigenvalue weighted by atomic mass is 9.46. The summed E-state index contributed by atoms with van der Waals surface area (Å²) in [6.07, 6.45) is 7.30. The summed E-state index contributed by atoms with van der Waals surface area (Å²) in [5.41, 5.74) is 1.10. The van der Waals surface area contributed by atoms with Crippen LogP contribution in [-0.4, -0.2) is 29.0 Å². The largest absolute Gasteiger partial charge is 0.386 e. The van der Waals surface area contributed by atoms with Crippen molar-refractivity contribution in [2.45, 2.75) is 64.5 Å². The molecule has 3 nitrogen and oxygen atoms in total. The maximum atomic E-state index is 13.4. The summed E-state index contributed by atoms with van der Waals surface area (Å²) < 4.78 is 0. The third kappa shape index (κ3) is 2.98. The number of aliphatic hydroxyl groups excluding tert-OH is 1. The molecule has 3 heteroatoms. The molecule has 0 saturated heterocycles. The van der Waals surface area contributed by atoms with E-state index in [1.54, 1.807) is 4.90 Å². The molecule has 1 N–H and O–H groups in total. The van der Waals surface area contributed by atoms with Gasteiger partial charge in [0.15, 0.2) is 0 Å². The van der Waals surface area contributed by atoms with E-state index in [0.717, 1.165) is 23.3 Å². The van der Waals surface area contributed by atoms with Crippen LogP contribution in [0.3, 0.4) is 0 Å². The van der Waals surface area contributed by atoms with Crippen molar-refractivity contribution in [3.63, 3.8) is 0 Å². The topological polar surface area (TPSA) is 40.5 Å². The lowest BCUT2D eigenvalue weighted by Gasteiger charge is -2.59. The summed E-state index contributed by atoms with van der Waals surface area (Å²) in [5.74, 6) is 2.85. The van der Waals surface area contributed by atoms with Crippen LogP contribution in [0.1, 0.15) is 64.0 Å². The molecule has 1 aromatic rings. The number of carbonyl (C=O) groups excluding carboxylic acids is 1. The molecule has 0 heterocycles. The van der Waals surface area contributed by atoms with Gasteiger partial charge in [0.2, 0.25) is 5.91 Å². The Bertz CT molecular complexity index is 620. The standard InChI is InChI=1S/C23H33NO2/c1-15(23-12-17-9-18(13-23)11-19(10-17)14-23)22(26)24(3)16(2)21(25)20-7-5-4-6-8-20/h4-8,15-19,21,25H,9-14H2,1-3H3/t15-,16-,17?,18?,19?,21+,23?/m0/s1. The molecule has 142 valence electrons. The molecule has 3 atom stereocenters. The van der Waals surface area contributed by atoms with Crippen molar-refractivity contribution in [2.24, 2.45) is 29.1 Å². The molecule has 0 radical (unpaired) electrons. The summed E-state index contributed by atoms with van der Waals surface area (Å²) in [7, 11) is 1.87. The molecule has 4 saturated carbocycles. The average molecular weight is 356 g/mol. The highest BCUT2D eigenvalue weighted by atomic mass is 16.3. The highest BCUT2D eigenvalue weighted by molar-refractivity contribution is 5.79. The Balaban J connectivity index is 1.48. The van der Waals surface area contributed by atoms with E-state index < -0.39 is 6.10 Å². The Morgan fingerprint density at radius 2 is 1.54 bits per heavy atom. The Kier molecular flexibility index (Phi) is 4.63. The van der Waals surface area contributed by atoms with Crippen LogP contribution in [0.4, 0.5) is 0 Å². The molecule has 5 rings (SSSR count). The molecule has 4 aliphatic rings. The van der Waals surface area contributed by atoms with E-state index in [0.29, 0.717) is 0 Å². The number of aliphatic hydroxyl groups is 1. The lowest BCUT2D eigenvalue weighted by molar-refractivity contribution is -0.152. The lowest BCUT2D eigenvalue weighted by Crippen LogP contribution is -2.53. The van der Waals surface area contributed by atoms with E-state index in [-0.39, 0.29) is 23.3 Å². The Morgan fingerprint density at radius 3 is 2.04 bits per heavy atom. The monoisotopic (exact) mass is 355 g/mol. The van der Waals surface area contributed by atoms with Gasteiger partial charge in [-0.3, -0.25) is 4.79 Å². The first-order valence-electron chi connectivity index (χ1n) is 10.4. The van der Waals surface area contributed by atoms with Crippen molar-refractivity contribution in [1.29, 1.82) is 0 Å². The van der Waals surface area contributed by atoms with Crippen molar-refractivity contribution >= 4 is 5.91 Å². The van der Waals surface area contributed by atoms with Crippen molar-refractivity contribution < 1.29 is 9.90 Å². The van der Waals surface area contributed by atoms with Crippen LogP contribution in [0.2, 0.25) is 0 Å². The van der Waals surface area contributed by atoms with Crippen LogP contribution in [0.25, 0.3) is 0 Å². The average Bonchev–Trinajstić information content (AvgIpc) is 2.64. The van der Waals surface area contributed by atoms with Gasteiger partial charge in [0, 0.05) is 13.0 Å². The highest BCUT2D eigenvalue weighted by Gasteiger charge is 2.55. The van der Waals surface area contributed by atoms with Crippen LogP contribution in [0.15, 0.2) is 30.3 Å². The predicted molar refractivity (Wildman–Crippen MR) is 103 cm³/mol. The van der Waals surface area contributed by atoms with E-state index in [4.69, 9.17) is 0 Å². The van der Waals surface area contributed by atoms with Gasteiger partial charge in [-0.25, -0.2) is 0 Å². The minimum absolute atomic E-state index is 0.0614. The molecule has 26 heavy (non-hydrogen) atoms. The fraction of sp³-hybridized carbons (Fsp3) is 0.696. The maximum Gasteiger partial charge on any atom is 0.226 e. The smallest absolute Gasteiger partial charge is 0.226 e. The van der Waals surface area contributed by atoms with Crippen LogP contribution in [0.5, 0.6) is 0 Å². The first kappa shape index (κ1) is 18.0. The summed E-state index contributed by atoms with van der Waals surface area (Å²) in [6.45, 7) is 4.12. The zero-order valence-corrected chi connectivity index (χ0v) is 16.4. The second-order valence-electron chi connectivity index (χ2n) is 9.55. The normalized spacial score (nSPS) is 35.8. The van der Waals surface area contributed by atoms with Crippen LogP contribution >= 0.6 is 0 Å². The van der Waals surface area contributed by atoms with Crippen molar-refractivity contribution in [2.75, 3.05) is 7.05 Å². The maximum absolute atomic E-state index is 13.4. The molecule has 0 aromatic heterocycles. The summed E-state index contributed by atoms with van der Waals surface area (Å²) in [4.78, 5) is 15.2. The Morgan fingerprint density at radius 1 is 1.04 bits per heavy atom. The van der Waals surface area contributed by atoms with Crippen molar-refractivity contribution in [1.82, 2.24) is 4.90 Å². The van der Waals surface area contributed by atoms with Gasteiger partial charge in [-0.2, -0.15) is 0 Å². The summed E-state index contributed by atoms with van der Waals surface area (Å²) >= 11 is 0. The minimum atomic E-state index is -0.645. The number of rotatable bonds is 5. The van der Waals surface area contributed by atoms with Crippen LogP contribution in [0, 0.1) is 29.1 Å². The number of hydrogen-bond acceptors (Lipinski definition) is 2. The van der Waals surface area contributed by atoms with E-state index in [9.17, 15) is 9.90 Å².